The highest BCUT2D eigenvalue weighted by Crippen LogP contribution is 2.27. The molecule has 1 aliphatic rings. The van der Waals surface area contributed by atoms with Gasteiger partial charge in [-0.05, 0) is 30.5 Å². The number of halogens is 2. The second-order valence-electron chi connectivity index (χ2n) is 5.47. The predicted molar refractivity (Wildman–Crippen MR) is 102 cm³/mol. The van der Waals surface area contributed by atoms with E-state index in [-0.39, 0.29) is 30.7 Å². The first-order chi connectivity index (χ1) is 10.2. The van der Waals surface area contributed by atoms with Crippen LogP contribution in [0.4, 0.5) is 5.69 Å². The minimum absolute atomic E-state index is 0. The average molecular weight is 360 g/mol. The fourth-order valence-electron chi connectivity index (χ4n) is 2.82. The third-order valence-corrected chi connectivity index (χ3v) is 3.85. The van der Waals surface area contributed by atoms with Crippen molar-refractivity contribution >= 4 is 36.4 Å². The minimum Gasteiger partial charge on any atom is -0.326 e. The molecule has 23 heavy (non-hydrogen) atoms. The Bertz CT molecular complexity index is 473. The molecule has 0 unspecified atom stereocenters. The standard InChI is InChI=1S/C17H25N3O.2ClH/c1-3-4-5-17(20-12-10-18-11-13-20)15-6-8-16(9-7-15)19-14(2)21;;/h3,6-9,17-18H,1,4-5,10-13H2,2H3,(H,19,21);2*1H/t17-;;/m0../s1. The second-order valence-corrected chi connectivity index (χ2v) is 5.47. The van der Waals surface area contributed by atoms with Crippen LogP contribution in [0.2, 0.25) is 0 Å². The summed E-state index contributed by atoms with van der Waals surface area (Å²) in [4.78, 5) is 13.6. The molecule has 0 spiro atoms. The Hall–Kier alpha value is -1.07. The van der Waals surface area contributed by atoms with Gasteiger partial charge < -0.3 is 10.6 Å². The molecule has 1 saturated heterocycles. The summed E-state index contributed by atoms with van der Waals surface area (Å²) in [5, 5.41) is 6.21. The van der Waals surface area contributed by atoms with Gasteiger partial charge in [0.1, 0.15) is 0 Å². The van der Waals surface area contributed by atoms with Crippen LogP contribution in [0.25, 0.3) is 0 Å². The maximum absolute atomic E-state index is 11.1. The highest BCUT2D eigenvalue weighted by atomic mass is 35.5. The lowest BCUT2D eigenvalue weighted by molar-refractivity contribution is -0.114. The SMILES string of the molecule is C=CCC[C@@H](c1ccc(NC(C)=O)cc1)N1CCNCC1.Cl.Cl. The van der Waals surface area contributed by atoms with Crippen molar-refractivity contribution in [3.8, 4) is 0 Å². The van der Waals surface area contributed by atoms with Gasteiger partial charge in [0.2, 0.25) is 5.91 Å². The Morgan fingerprint density at radius 2 is 1.91 bits per heavy atom. The monoisotopic (exact) mass is 359 g/mol. The molecule has 130 valence electrons. The Labute approximate surface area is 151 Å². The maximum atomic E-state index is 11.1. The molecule has 1 amide bonds. The Morgan fingerprint density at radius 1 is 1.30 bits per heavy atom. The molecule has 6 heteroatoms. The summed E-state index contributed by atoms with van der Waals surface area (Å²) >= 11 is 0. The van der Waals surface area contributed by atoms with Crippen LogP contribution in [-0.2, 0) is 4.79 Å². The summed E-state index contributed by atoms with van der Waals surface area (Å²) < 4.78 is 0. The van der Waals surface area contributed by atoms with E-state index in [1.807, 2.05) is 18.2 Å². The Kier molecular flexibility index (Phi) is 10.9. The summed E-state index contributed by atoms with van der Waals surface area (Å²) in [7, 11) is 0. The molecular formula is C17H27Cl2N3O. The first-order valence-corrected chi connectivity index (χ1v) is 7.64. The van der Waals surface area contributed by atoms with Crippen molar-refractivity contribution in [3.63, 3.8) is 0 Å². The van der Waals surface area contributed by atoms with E-state index in [4.69, 9.17) is 0 Å². The molecule has 1 fully saturated rings. The zero-order valence-corrected chi connectivity index (χ0v) is 15.2. The smallest absolute Gasteiger partial charge is 0.221 e. The van der Waals surface area contributed by atoms with Crippen LogP contribution in [-0.4, -0.2) is 37.0 Å². The lowest BCUT2D eigenvalue weighted by atomic mass is 9.99. The number of amides is 1. The topological polar surface area (TPSA) is 44.4 Å². The number of piperazine rings is 1. The number of nitrogens with one attached hydrogen (secondary N) is 2. The molecule has 0 radical (unpaired) electrons. The van der Waals surface area contributed by atoms with Crippen LogP contribution in [0.1, 0.15) is 31.4 Å². The quantitative estimate of drug-likeness (QED) is 0.765. The van der Waals surface area contributed by atoms with Gasteiger partial charge in [0.25, 0.3) is 0 Å². The zero-order chi connectivity index (χ0) is 15.1. The van der Waals surface area contributed by atoms with E-state index in [0.29, 0.717) is 6.04 Å². The largest absolute Gasteiger partial charge is 0.326 e. The molecule has 1 aliphatic heterocycles. The molecule has 2 N–H and O–H groups in total. The number of hydrogen-bond donors (Lipinski definition) is 2. The summed E-state index contributed by atoms with van der Waals surface area (Å²) in [6.07, 6.45) is 4.09. The van der Waals surface area contributed by atoms with E-state index in [1.54, 1.807) is 0 Å². The van der Waals surface area contributed by atoms with Crippen molar-refractivity contribution in [3.05, 3.63) is 42.5 Å². The summed E-state index contributed by atoms with van der Waals surface area (Å²) in [5.74, 6) is -0.0342. The molecular weight excluding hydrogens is 333 g/mol. The number of nitrogens with zero attached hydrogens (tertiary/aromatic N) is 1. The molecule has 1 aromatic rings. The zero-order valence-electron chi connectivity index (χ0n) is 13.6. The van der Waals surface area contributed by atoms with E-state index in [1.165, 1.54) is 12.5 Å². The van der Waals surface area contributed by atoms with Gasteiger partial charge in [0.15, 0.2) is 0 Å². The predicted octanol–water partition coefficient (Wildman–Crippen LogP) is 3.40. The minimum atomic E-state index is -0.0342. The fraction of sp³-hybridized carbons (Fsp3) is 0.471. The third kappa shape index (κ3) is 6.92. The first kappa shape index (κ1) is 21.9. The molecule has 1 atom stereocenters. The van der Waals surface area contributed by atoms with Crippen molar-refractivity contribution in [2.45, 2.75) is 25.8 Å². The van der Waals surface area contributed by atoms with Gasteiger partial charge in [0.05, 0.1) is 0 Å². The van der Waals surface area contributed by atoms with Gasteiger partial charge in [-0.3, -0.25) is 9.69 Å². The Balaban J connectivity index is 0.00000242. The molecule has 0 saturated carbocycles. The number of allylic oxidation sites excluding steroid dienone is 1. The number of carbonyl (C=O) groups excluding carboxylic acids is 1. The highest BCUT2D eigenvalue weighted by Gasteiger charge is 2.21. The van der Waals surface area contributed by atoms with E-state index in [9.17, 15) is 4.79 Å². The number of benzene rings is 1. The van der Waals surface area contributed by atoms with E-state index in [2.05, 4.69) is 34.2 Å². The van der Waals surface area contributed by atoms with E-state index >= 15 is 0 Å². The van der Waals surface area contributed by atoms with Crippen LogP contribution < -0.4 is 10.6 Å². The van der Waals surface area contributed by atoms with Crippen LogP contribution in [0.5, 0.6) is 0 Å². The van der Waals surface area contributed by atoms with Crippen molar-refractivity contribution < 1.29 is 4.79 Å². The van der Waals surface area contributed by atoms with Crippen molar-refractivity contribution in [1.82, 2.24) is 10.2 Å². The number of anilines is 1. The van der Waals surface area contributed by atoms with Gasteiger partial charge in [0, 0.05) is 44.8 Å². The molecule has 1 heterocycles. The van der Waals surface area contributed by atoms with Crippen LogP contribution >= 0.6 is 24.8 Å². The molecule has 4 nitrogen and oxygen atoms in total. The van der Waals surface area contributed by atoms with Gasteiger partial charge in [-0.15, -0.1) is 31.4 Å². The van der Waals surface area contributed by atoms with Crippen molar-refractivity contribution in [2.75, 3.05) is 31.5 Å². The van der Waals surface area contributed by atoms with E-state index < -0.39 is 0 Å². The van der Waals surface area contributed by atoms with Crippen LogP contribution in [0.3, 0.4) is 0 Å². The Morgan fingerprint density at radius 3 is 2.43 bits per heavy atom. The maximum Gasteiger partial charge on any atom is 0.221 e. The number of rotatable bonds is 6. The lowest BCUT2D eigenvalue weighted by Crippen LogP contribution is -2.45. The van der Waals surface area contributed by atoms with Gasteiger partial charge in [-0.1, -0.05) is 18.2 Å². The van der Waals surface area contributed by atoms with Crippen LogP contribution in [0, 0.1) is 0 Å². The normalized spacial score (nSPS) is 15.7. The number of carbonyl (C=O) groups is 1. The highest BCUT2D eigenvalue weighted by molar-refractivity contribution is 5.88. The van der Waals surface area contributed by atoms with E-state index in [0.717, 1.165) is 44.7 Å². The molecule has 0 aliphatic carbocycles. The van der Waals surface area contributed by atoms with Gasteiger partial charge in [-0.2, -0.15) is 0 Å². The number of hydrogen-bond acceptors (Lipinski definition) is 3. The summed E-state index contributed by atoms with van der Waals surface area (Å²) in [5.41, 5.74) is 2.17. The fourth-order valence-corrected chi connectivity index (χ4v) is 2.82. The third-order valence-electron chi connectivity index (χ3n) is 3.85. The van der Waals surface area contributed by atoms with Crippen LogP contribution in [0.15, 0.2) is 36.9 Å². The molecule has 2 rings (SSSR count). The lowest BCUT2D eigenvalue weighted by Gasteiger charge is -2.35. The second kappa shape index (κ2) is 11.5. The van der Waals surface area contributed by atoms with Gasteiger partial charge >= 0.3 is 0 Å². The summed E-state index contributed by atoms with van der Waals surface area (Å²) in [6.45, 7) is 9.63. The summed E-state index contributed by atoms with van der Waals surface area (Å²) in [6, 6.07) is 8.65. The van der Waals surface area contributed by atoms with Crippen molar-refractivity contribution in [1.29, 1.82) is 0 Å². The molecule has 0 aromatic heterocycles. The van der Waals surface area contributed by atoms with Crippen molar-refractivity contribution in [2.24, 2.45) is 0 Å². The average Bonchev–Trinajstić information content (AvgIpc) is 2.50. The first-order valence-electron chi connectivity index (χ1n) is 7.64. The molecule has 1 aromatic carbocycles. The molecule has 0 bridgehead atoms. The van der Waals surface area contributed by atoms with Gasteiger partial charge in [-0.25, -0.2) is 0 Å².